The van der Waals surface area contributed by atoms with Crippen molar-refractivity contribution >= 4 is 0 Å². The summed E-state index contributed by atoms with van der Waals surface area (Å²) in [5.41, 5.74) is 0.547. The first kappa shape index (κ1) is 26.0. The molecule has 8 N–H and O–H groups in total. The number of benzene rings is 1. The first-order valence-corrected chi connectivity index (χ1v) is 10.3. The average molecular weight is 478 g/mol. The third-order valence-corrected chi connectivity index (χ3v) is 5.61. The maximum Gasteiger partial charge on any atom is 0.229 e. The summed E-state index contributed by atoms with van der Waals surface area (Å²) in [4.78, 5) is 0. The highest BCUT2D eigenvalue weighted by atomic mass is 16.7. The van der Waals surface area contributed by atoms with Gasteiger partial charge in [0.05, 0.1) is 26.9 Å². The molecule has 33 heavy (non-hydrogen) atoms. The molecular formula is C20H30O13. The van der Waals surface area contributed by atoms with E-state index >= 15 is 0 Å². The summed E-state index contributed by atoms with van der Waals surface area (Å²) in [6.07, 6.45) is -15.5. The Morgan fingerprint density at radius 1 is 0.758 bits per heavy atom. The van der Waals surface area contributed by atoms with Crippen LogP contribution in [0.2, 0.25) is 0 Å². The van der Waals surface area contributed by atoms with Crippen LogP contribution in [0.3, 0.4) is 0 Å². The second-order valence-corrected chi connectivity index (χ2v) is 7.77. The van der Waals surface area contributed by atoms with Crippen LogP contribution in [0.5, 0.6) is 11.5 Å². The van der Waals surface area contributed by atoms with E-state index in [0.717, 1.165) is 0 Å². The molecule has 1 aromatic carbocycles. The van der Waals surface area contributed by atoms with Crippen LogP contribution in [0.4, 0.5) is 0 Å². The molecule has 2 saturated heterocycles. The quantitative estimate of drug-likeness (QED) is 0.180. The summed E-state index contributed by atoms with van der Waals surface area (Å²) in [6.45, 7) is -1.61. The van der Waals surface area contributed by atoms with Gasteiger partial charge >= 0.3 is 0 Å². The van der Waals surface area contributed by atoms with Crippen LogP contribution in [0.15, 0.2) is 18.2 Å². The van der Waals surface area contributed by atoms with E-state index in [1.807, 2.05) is 0 Å². The number of hydrogen-bond acceptors (Lipinski definition) is 13. The normalized spacial score (nSPS) is 39.3. The van der Waals surface area contributed by atoms with Gasteiger partial charge in [0, 0.05) is 0 Å². The number of methoxy groups -OCH3 is 1. The molecule has 10 atom stereocenters. The minimum absolute atomic E-state index is 0.135. The monoisotopic (exact) mass is 478 g/mol. The molecule has 2 heterocycles. The minimum Gasteiger partial charge on any atom is -0.493 e. The molecule has 13 nitrogen and oxygen atoms in total. The fourth-order valence-corrected chi connectivity index (χ4v) is 3.69. The van der Waals surface area contributed by atoms with Crippen molar-refractivity contribution in [2.75, 3.05) is 20.3 Å². The predicted molar refractivity (Wildman–Crippen MR) is 106 cm³/mol. The zero-order chi connectivity index (χ0) is 24.3. The molecule has 2 aliphatic rings. The highest BCUT2D eigenvalue weighted by Gasteiger charge is 2.51. The van der Waals surface area contributed by atoms with Gasteiger partial charge < -0.3 is 64.5 Å². The molecule has 0 bridgehead atoms. The van der Waals surface area contributed by atoms with Crippen LogP contribution >= 0.6 is 0 Å². The van der Waals surface area contributed by atoms with Gasteiger partial charge in [-0.3, -0.25) is 0 Å². The second kappa shape index (κ2) is 11.2. The Morgan fingerprint density at radius 2 is 1.39 bits per heavy atom. The third kappa shape index (κ3) is 5.39. The fraction of sp³-hybridized carbons (Fsp3) is 0.700. The molecule has 3 rings (SSSR count). The largest absolute Gasteiger partial charge is 0.493 e. The molecule has 0 saturated carbocycles. The van der Waals surface area contributed by atoms with Gasteiger partial charge in [-0.2, -0.15) is 0 Å². The van der Waals surface area contributed by atoms with Crippen molar-refractivity contribution < 1.29 is 64.5 Å². The number of rotatable bonds is 8. The number of aliphatic hydroxyl groups excluding tert-OH is 8. The molecule has 13 heteroatoms. The molecule has 0 radical (unpaired) electrons. The van der Waals surface area contributed by atoms with E-state index in [1.165, 1.54) is 19.2 Å². The molecule has 2 aliphatic heterocycles. The van der Waals surface area contributed by atoms with Crippen molar-refractivity contribution in [1.29, 1.82) is 0 Å². The van der Waals surface area contributed by atoms with Crippen LogP contribution in [-0.2, 0) is 20.8 Å². The van der Waals surface area contributed by atoms with Crippen LogP contribution in [-0.4, -0.2) is 123 Å². The highest BCUT2D eigenvalue weighted by molar-refractivity contribution is 5.43. The van der Waals surface area contributed by atoms with Crippen molar-refractivity contribution in [1.82, 2.24) is 0 Å². The summed E-state index contributed by atoms with van der Waals surface area (Å²) in [5.74, 6) is 0.364. The van der Waals surface area contributed by atoms with E-state index in [-0.39, 0.29) is 18.1 Å². The first-order valence-electron chi connectivity index (χ1n) is 10.3. The van der Waals surface area contributed by atoms with Crippen LogP contribution in [0, 0.1) is 0 Å². The lowest BCUT2D eigenvalue weighted by atomic mass is 9.97. The van der Waals surface area contributed by atoms with Crippen molar-refractivity contribution in [3.63, 3.8) is 0 Å². The Balaban J connectivity index is 1.74. The van der Waals surface area contributed by atoms with Gasteiger partial charge in [-0.05, 0) is 17.7 Å². The maximum atomic E-state index is 10.6. The Hall–Kier alpha value is -1.62. The van der Waals surface area contributed by atoms with Crippen molar-refractivity contribution in [2.45, 2.75) is 68.0 Å². The molecular weight excluding hydrogens is 448 g/mol. The van der Waals surface area contributed by atoms with Gasteiger partial charge in [0.15, 0.2) is 17.8 Å². The van der Waals surface area contributed by atoms with E-state index in [4.69, 9.17) is 23.7 Å². The van der Waals surface area contributed by atoms with Crippen molar-refractivity contribution in [3.05, 3.63) is 23.8 Å². The number of aliphatic hydroxyl groups is 8. The lowest BCUT2D eigenvalue weighted by Gasteiger charge is -2.45. The highest BCUT2D eigenvalue weighted by Crippen LogP contribution is 2.33. The van der Waals surface area contributed by atoms with E-state index in [9.17, 15) is 40.9 Å². The molecule has 0 spiro atoms. The van der Waals surface area contributed by atoms with Gasteiger partial charge in [0.2, 0.25) is 6.29 Å². The Labute approximate surface area is 188 Å². The molecule has 2 fully saturated rings. The molecule has 1 aromatic rings. The fourth-order valence-electron chi connectivity index (χ4n) is 3.69. The molecule has 10 unspecified atom stereocenters. The Kier molecular flexibility index (Phi) is 8.82. The van der Waals surface area contributed by atoms with Gasteiger partial charge in [-0.15, -0.1) is 0 Å². The van der Waals surface area contributed by atoms with Gasteiger partial charge in [-0.25, -0.2) is 0 Å². The zero-order valence-corrected chi connectivity index (χ0v) is 17.7. The predicted octanol–water partition coefficient (Wildman–Crippen LogP) is -3.81. The number of hydrogen-bond donors (Lipinski definition) is 8. The lowest BCUT2D eigenvalue weighted by molar-refractivity contribution is -0.352. The molecule has 0 aromatic heterocycles. The summed E-state index contributed by atoms with van der Waals surface area (Å²) in [6, 6.07) is 4.53. The van der Waals surface area contributed by atoms with Crippen LogP contribution < -0.4 is 9.47 Å². The standard InChI is InChI=1S/C20H30O13/c1-29-10-4-8(5-21)2-3-9(10)30-19-17(28)15(26)18(12(7-23)32-19)33-20-16(27)14(25)13(24)11(6-22)31-20/h2-4,11-28H,5-7H2,1H3. The van der Waals surface area contributed by atoms with Crippen molar-refractivity contribution in [3.8, 4) is 11.5 Å². The lowest BCUT2D eigenvalue weighted by Crippen LogP contribution is -2.65. The molecule has 188 valence electrons. The van der Waals surface area contributed by atoms with Gasteiger partial charge in [-0.1, -0.05) is 6.07 Å². The summed E-state index contributed by atoms with van der Waals surface area (Å²) in [5, 5.41) is 79.5. The van der Waals surface area contributed by atoms with Crippen LogP contribution in [0.25, 0.3) is 0 Å². The smallest absolute Gasteiger partial charge is 0.229 e. The zero-order valence-electron chi connectivity index (χ0n) is 17.7. The first-order chi connectivity index (χ1) is 15.7. The van der Waals surface area contributed by atoms with E-state index in [0.29, 0.717) is 5.56 Å². The van der Waals surface area contributed by atoms with E-state index in [2.05, 4.69) is 0 Å². The third-order valence-electron chi connectivity index (χ3n) is 5.61. The van der Waals surface area contributed by atoms with E-state index in [1.54, 1.807) is 6.07 Å². The maximum absolute atomic E-state index is 10.6. The molecule has 0 aliphatic carbocycles. The van der Waals surface area contributed by atoms with E-state index < -0.39 is 74.6 Å². The Bertz CT molecular complexity index is 759. The van der Waals surface area contributed by atoms with Crippen LogP contribution in [0.1, 0.15) is 5.56 Å². The van der Waals surface area contributed by atoms with Gasteiger partial charge in [0.1, 0.15) is 48.8 Å². The summed E-state index contributed by atoms with van der Waals surface area (Å²) < 4.78 is 27.1. The van der Waals surface area contributed by atoms with Gasteiger partial charge in [0.25, 0.3) is 0 Å². The molecule has 0 amide bonds. The van der Waals surface area contributed by atoms with Crippen molar-refractivity contribution in [2.24, 2.45) is 0 Å². The second-order valence-electron chi connectivity index (χ2n) is 7.77. The Morgan fingerprint density at radius 3 is 2.00 bits per heavy atom. The minimum atomic E-state index is -1.75. The average Bonchev–Trinajstić information content (AvgIpc) is 2.83. The summed E-state index contributed by atoms with van der Waals surface area (Å²) in [7, 11) is 1.37. The number of ether oxygens (including phenoxy) is 5. The topological polar surface area (TPSA) is 208 Å². The SMILES string of the molecule is COc1cc(CO)ccc1OC1OC(CO)C(OC2OC(CO)C(O)C(O)C2O)C(O)C1O. The summed E-state index contributed by atoms with van der Waals surface area (Å²) >= 11 is 0.